The van der Waals surface area contributed by atoms with Gasteiger partial charge >= 0.3 is 0 Å². The molecule has 0 saturated heterocycles. The maximum atomic E-state index is 16.0. The van der Waals surface area contributed by atoms with Crippen molar-refractivity contribution in [1.29, 1.82) is 0 Å². The van der Waals surface area contributed by atoms with E-state index in [0.29, 0.717) is 50.4 Å². The first-order chi connectivity index (χ1) is 18.2. The van der Waals surface area contributed by atoms with Gasteiger partial charge in [-0.2, -0.15) is 5.10 Å². The molecule has 7 rings (SSSR count). The third kappa shape index (κ3) is 3.70. The number of aromatic amines is 2. The molecule has 1 aliphatic rings. The van der Waals surface area contributed by atoms with Gasteiger partial charge in [-0.1, -0.05) is 6.07 Å². The lowest BCUT2D eigenvalue weighted by Crippen LogP contribution is -2.13. The van der Waals surface area contributed by atoms with Crippen LogP contribution in [0.1, 0.15) is 12.8 Å². The molecule has 1 aromatic carbocycles. The zero-order valence-corrected chi connectivity index (χ0v) is 19.4. The van der Waals surface area contributed by atoms with E-state index in [-0.39, 0.29) is 11.8 Å². The minimum Gasteiger partial charge on any atom is -0.335 e. The lowest BCUT2D eigenvalue weighted by molar-refractivity contribution is -0.117. The number of hydrogen-bond donors (Lipinski definition) is 3. The number of amides is 1. The minimum atomic E-state index is -0.463. The highest BCUT2D eigenvalue weighted by Gasteiger charge is 2.29. The Kier molecular flexibility index (Phi) is 4.78. The van der Waals surface area contributed by atoms with Crippen molar-refractivity contribution in [3.63, 3.8) is 0 Å². The molecular weight excluding hydrogens is 471 g/mol. The second-order valence-electron chi connectivity index (χ2n) is 9.03. The number of halogens is 1. The van der Waals surface area contributed by atoms with Crippen LogP contribution in [-0.4, -0.2) is 41.0 Å². The lowest BCUT2D eigenvalue weighted by atomic mass is 10.0. The van der Waals surface area contributed by atoms with E-state index in [1.54, 1.807) is 49.2 Å². The average Bonchev–Trinajstić information content (AvgIpc) is 3.54. The molecule has 3 N–H and O–H groups in total. The van der Waals surface area contributed by atoms with Crippen LogP contribution >= 0.6 is 0 Å². The van der Waals surface area contributed by atoms with Crippen LogP contribution in [0.3, 0.4) is 0 Å². The Labute approximate surface area is 209 Å². The van der Waals surface area contributed by atoms with Gasteiger partial charge in [0.25, 0.3) is 0 Å². The van der Waals surface area contributed by atoms with Gasteiger partial charge in [-0.15, -0.1) is 0 Å². The van der Waals surface area contributed by atoms with E-state index in [4.69, 9.17) is 0 Å². The van der Waals surface area contributed by atoms with Crippen LogP contribution in [0.4, 0.5) is 10.1 Å². The smallest absolute Gasteiger partial charge is 0.227 e. The van der Waals surface area contributed by atoms with E-state index in [1.807, 2.05) is 18.2 Å². The van der Waals surface area contributed by atoms with Crippen molar-refractivity contribution in [2.45, 2.75) is 12.8 Å². The van der Waals surface area contributed by atoms with Gasteiger partial charge < -0.3 is 10.3 Å². The van der Waals surface area contributed by atoms with Gasteiger partial charge in [0, 0.05) is 53.0 Å². The van der Waals surface area contributed by atoms with Gasteiger partial charge in [0.05, 0.1) is 28.3 Å². The molecule has 0 atom stereocenters. The number of H-pyrrole nitrogens is 2. The summed E-state index contributed by atoms with van der Waals surface area (Å²) in [5.41, 5.74) is 5.29. The molecule has 0 bridgehead atoms. The Hall–Kier alpha value is -4.99. The highest BCUT2D eigenvalue weighted by atomic mass is 19.1. The summed E-state index contributed by atoms with van der Waals surface area (Å²) >= 11 is 0. The van der Waals surface area contributed by atoms with E-state index in [0.717, 1.165) is 24.0 Å². The number of hydrogen-bond acceptors (Lipinski definition) is 6. The quantitative estimate of drug-likeness (QED) is 0.308. The first-order valence-electron chi connectivity index (χ1n) is 11.8. The van der Waals surface area contributed by atoms with Gasteiger partial charge in [-0.3, -0.25) is 19.9 Å². The van der Waals surface area contributed by atoms with Crippen LogP contribution in [0.25, 0.3) is 55.8 Å². The highest BCUT2D eigenvalue weighted by molar-refractivity contribution is 5.98. The Morgan fingerprint density at radius 3 is 2.73 bits per heavy atom. The van der Waals surface area contributed by atoms with Crippen LogP contribution in [0, 0.1) is 11.7 Å². The van der Waals surface area contributed by atoms with Crippen molar-refractivity contribution >= 4 is 33.7 Å². The molecule has 0 spiro atoms. The standard InChI is InChI=1S/C27H19FN8O/c28-22-18(16-10-17(13-30-12-16)32-27(37)14-3-4-14)5-6-20-21(22)24(36-35-20)26-33-23-19(7-9-31-25(23)34-26)15-2-1-8-29-11-15/h1-2,5-14H,3-4H2,(H,32,37)(H,35,36)(H,31,33,34). The summed E-state index contributed by atoms with van der Waals surface area (Å²) in [4.78, 5) is 32.9. The van der Waals surface area contributed by atoms with E-state index in [9.17, 15) is 4.79 Å². The van der Waals surface area contributed by atoms with Crippen molar-refractivity contribution in [2.75, 3.05) is 5.32 Å². The normalized spacial score (nSPS) is 13.3. The number of nitrogens with zero attached hydrogens (tertiary/aromatic N) is 5. The highest BCUT2D eigenvalue weighted by Crippen LogP contribution is 2.36. The second-order valence-corrected chi connectivity index (χ2v) is 9.03. The second kappa shape index (κ2) is 8.30. The maximum absolute atomic E-state index is 16.0. The van der Waals surface area contributed by atoms with Gasteiger partial charge in [-0.25, -0.2) is 14.4 Å². The number of nitrogens with one attached hydrogen (secondary N) is 3. The lowest BCUT2D eigenvalue weighted by Gasteiger charge is -2.08. The number of rotatable bonds is 5. The summed E-state index contributed by atoms with van der Waals surface area (Å²) in [6.07, 6.45) is 10.1. The Morgan fingerprint density at radius 1 is 1.00 bits per heavy atom. The van der Waals surface area contributed by atoms with Crippen LogP contribution in [-0.2, 0) is 4.79 Å². The molecule has 0 unspecified atom stereocenters. The summed E-state index contributed by atoms with van der Waals surface area (Å²) in [7, 11) is 0. The number of fused-ring (bicyclic) bond motifs is 2. The summed E-state index contributed by atoms with van der Waals surface area (Å²) in [5.74, 6) is -0.0438. The van der Waals surface area contributed by atoms with Crippen molar-refractivity contribution in [3.05, 3.63) is 73.2 Å². The molecular formula is C27H19FN8O. The fraction of sp³-hybridized carbons (Fsp3) is 0.111. The topological polar surface area (TPSA) is 125 Å². The van der Waals surface area contributed by atoms with E-state index in [2.05, 4.69) is 40.4 Å². The van der Waals surface area contributed by atoms with Crippen molar-refractivity contribution in [3.8, 4) is 33.8 Å². The third-order valence-electron chi connectivity index (χ3n) is 6.52. The molecule has 37 heavy (non-hydrogen) atoms. The number of imidazole rings is 1. The molecule has 1 aliphatic carbocycles. The molecule has 1 saturated carbocycles. The predicted molar refractivity (Wildman–Crippen MR) is 137 cm³/mol. The van der Waals surface area contributed by atoms with Gasteiger partial charge in [0.15, 0.2) is 11.5 Å². The molecule has 9 nitrogen and oxygen atoms in total. The molecule has 0 radical (unpaired) electrons. The van der Waals surface area contributed by atoms with Gasteiger partial charge in [-0.05, 0) is 43.2 Å². The molecule has 10 heteroatoms. The Bertz CT molecular complexity index is 1810. The fourth-order valence-electron chi connectivity index (χ4n) is 4.50. The first-order valence-corrected chi connectivity index (χ1v) is 11.8. The first kappa shape index (κ1) is 21.3. The zero-order chi connectivity index (χ0) is 24.9. The summed E-state index contributed by atoms with van der Waals surface area (Å²) < 4.78 is 16.0. The van der Waals surface area contributed by atoms with E-state index >= 15 is 4.39 Å². The summed E-state index contributed by atoms with van der Waals surface area (Å²) in [6.45, 7) is 0. The number of anilines is 1. The maximum Gasteiger partial charge on any atom is 0.227 e. The monoisotopic (exact) mass is 490 g/mol. The Balaban J connectivity index is 1.32. The SMILES string of the molecule is O=C(Nc1cncc(-c2ccc3[nH]nc(-c4nc5nccc(-c6cccnc6)c5[nH]4)c3c2F)c1)C1CC1. The summed E-state index contributed by atoms with van der Waals surface area (Å²) in [6, 6.07) is 10.9. The molecule has 5 heterocycles. The fourth-order valence-corrected chi connectivity index (χ4v) is 4.50. The van der Waals surface area contributed by atoms with Crippen molar-refractivity contribution in [1.82, 2.24) is 35.1 Å². The minimum absolute atomic E-state index is 0.0313. The van der Waals surface area contributed by atoms with Gasteiger partial charge in [0.1, 0.15) is 11.5 Å². The summed E-state index contributed by atoms with van der Waals surface area (Å²) in [5, 5.41) is 10.4. The molecule has 180 valence electrons. The van der Waals surface area contributed by atoms with Crippen molar-refractivity contribution < 1.29 is 9.18 Å². The van der Waals surface area contributed by atoms with E-state index < -0.39 is 5.82 Å². The molecule has 6 aromatic rings. The molecule has 0 aliphatic heterocycles. The van der Waals surface area contributed by atoms with Crippen molar-refractivity contribution in [2.24, 2.45) is 5.92 Å². The zero-order valence-electron chi connectivity index (χ0n) is 19.4. The van der Waals surface area contributed by atoms with Crippen LogP contribution in [0.5, 0.6) is 0 Å². The number of carbonyl (C=O) groups is 1. The molecule has 5 aromatic heterocycles. The molecule has 1 fully saturated rings. The van der Waals surface area contributed by atoms with E-state index in [1.165, 1.54) is 0 Å². The van der Waals surface area contributed by atoms with Crippen LogP contribution in [0.15, 0.2) is 67.4 Å². The number of pyridine rings is 3. The third-order valence-corrected chi connectivity index (χ3v) is 6.52. The van der Waals surface area contributed by atoms with Crippen LogP contribution < -0.4 is 5.32 Å². The number of benzene rings is 1. The number of aromatic nitrogens is 7. The largest absolute Gasteiger partial charge is 0.335 e. The number of carbonyl (C=O) groups excluding carboxylic acids is 1. The predicted octanol–water partition coefficient (Wildman–Crippen LogP) is 5.11. The Morgan fingerprint density at radius 2 is 1.89 bits per heavy atom. The van der Waals surface area contributed by atoms with Gasteiger partial charge in [0.2, 0.25) is 5.91 Å². The molecule has 1 amide bonds. The van der Waals surface area contributed by atoms with Crippen LogP contribution in [0.2, 0.25) is 0 Å². The average molecular weight is 491 g/mol.